The maximum absolute atomic E-state index is 12.3. The highest BCUT2D eigenvalue weighted by Gasteiger charge is 2.32. The van der Waals surface area contributed by atoms with Crippen LogP contribution in [0.1, 0.15) is 11.1 Å². The van der Waals surface area contributed by atoms with E-state index in [9.17, 15) is 4.79 Å². The van der Waals surface area contributed by atoms with Gasteiger partial charge in [-0.25, -0.2) is 4.98 Å². The zero-order valence-electron chi connectivity index (χ0n) is 13.3. The minimum Gasteiger partial charge on any atom is -0.496 e. The van der Waals surface area contributed by atoms with Crippen LogP contribution in [0.2, 0.25) is 0 Å². The van der Waals surface area contributed by atoms with Crippen LogP contribution >= 0.6 is 0 Å². The molecule has 0 radical (unpaired) electrons. The van der Waals surface area contributed by atoms with Crippen molar-refractivity contribution in [1.29, 1.82) is 5.26 Å². The van der Waals surface area contributed by atoms with Crippen molar-refractivity contribution < 1.29 is 14.3 Å². The van der Waals surface area contributed by atoms with Crippen LogP contribution in [0.15, 0.2) is 42.6 Å². The second-order valence-electron chi connectivity index (χ2n) is 5.52. The number of para-hydroxylation sites is 1. The summed E-state index contributed by atoms with van der Waals surface area (Å²) in [4.78, 5) is 18.1. The summed E-state index contributed by atoms with van der Waals surface area (Å²) in [6, 6.07) is 12.8. The number of hydrogen-bond acceptors (Lipinski definition) is 5. The average molecular weight is 323 g/mol. The summed E-state index contributed by atoms with van der Waals surface area (Å²) in [5.74, 6) is 1.17. The number of benzene rings is 1. The highest BCUT2D eigenvalue weighted by atomic mass is 16.5. The van der Waals surface area contributed by atoms with Gasteiger partial charge in [0.1, 0.15) is 11.9 Å². The molecule has 6 heteroatoms. The Hall–Kier alpha value is -3.07. The lowest BCUT2D eigenvalue weighted by atomic mass is 10.1. The Morgan fingerprint density at radius 1 is 1.38 bits per heavy atom. The van der Waals surface area contributed by atoms with Crippen molar-refractivity contribution in [3.05, 3.63) is 53.7 Å². The Bertz CT molecular complexity index is 779. The number of pyridine rings is 1. The van der Waals surface area contributed by atoms with Gasteiger partial charge in [0.25, 0.3) is 0 Å². The van der Waals surface area contributed by atoms with Crippen molar-refractivity contribution in [2.45, 2.75) is 12.5 Å². The first-order valence-electron chi connectivity index (χ1n) is 7.62. The second kappa shape index (κ2) is 7.01. The maximum Gasteiger partial charge on any atom is 0.227 e. The van der Waals surface area contributed by atoms with E-state index in [4.69, 9.17) is 14.7 Å². The number of carbonyl (C=O) groups excluding carboxylic acids is 1. The highest BCUT2D eigenvalue weighted by molar-refractivity contribution is 5.80. The van der Waals surface area contributed by atoms with Crippen LogP contribution in [0.4, 0.5) is 0 Å². The van der Waals surface area contributed by atoms with Crippen LogP contribution in [0.25, 0.3) is 0 Å². The Labute approximate surface area is 140 Å². The maximum atomic E-state index is 12.3. The molecular formula is C18H17N3O3. The lowest BCUT2D eigenvalue weighted by Gasteiger charge is -2.38. The summed E-state index contributed by atoms with van der Waals surface area (Å²) in [6.45, 7) is 1.04. The van der Waals surface area contributed by atoms with Gasteiger partial charge < -0.3 is 14.4 Å². The zero-order chi connectivity index (χ0) is 16.9. The lowest BCUT2D eigenvalue weighted by Crippen LogP contribution is -2.56. The van der Waals surface area contributed by atoms with E-state index in [-0.39, 0.29) is 12.0 Å². The number of ether oxygens (including phenoxy) is 2. The van der Waals surface area contributed by atoms with Crippen molar-refractivity contribution in [1.82, 2.24) is 9.88 Å². The van der Waals surface area contributed by atoms with E-state index in [1.54, 1.807) is 24.1 Å². The molecule has 0 N–H and O–H groups in total. The molecule has 0 spiro atoms. The monoisotopic (exact) mass is 323 g/mol. The fraction of sp³-hybridized carbons (Fsp3) is 0.278. The molecule has 1 amide bonds. The predicted octanol–water partition coefficient (Wildman–Crippen LogP) is 1.79. The molecule has 122 valence electrons. The van der Waals surface area contributed by atoms with Crippen LogP contribution in [-0.4, -0.2) is 42.1 Å². The molecule has 0 bridgehead atoms. The molecular weight excluding hydrogens is 306 g/mol. The SMILES string of the molecule is COc1ccccc1CC(=O)N1CC(Oc2cc(C#N)ccn2)C1. The third-order valence-electron chi connectivity index (χ3n) is 3.89. The Morgan fingerprint density at radius 3 is 2.92 bits per heavy atom. The van der Waals surface area contributed by atoms with Crippen LogP contribution in [0.3, 0.4) is 0 Å². The van der Waals surface area contributed by atoms with Gasteiger partial charge in [0.2, 0.25) is 11.8 Å². The molecule has 0 unspecified atom stereocenters. The third kappa shape index (κ3) is 3.46. The Balaban J connectivity index is 1.52. The standard InChI is InChI=1S/C18H17N3O3/c1-23-16-5-3-2-4-14(16)9-18(22)21-11-15(12-21)24-17-8-13(10-19)6-7-20-17/h2-8,15H,9,11-12H2,1H3. The van der Waals surface area contributed by atoms with Gasteiger partial charge in [0.15, 0.2) is 0 Å². The van der Waals surface area contributed by atoms with Crippen molar-refractivity contribution in [2.75, 3.05) is 20.2 Å². The second-order valence-corrected chi connectivity index (χ2v) is 5.52. The van der Waals surface area contributed by atoms with Crippen molar-refractivity contribution in [2.24, 2.45) is 0 Å². The number of methoxy groups -OCH3 is 1. The van der Waals surface area contributed by atoms with E-state index in [1.165, 1.54) is 6.20 Å². The molecule has 3 rings (SSSR count). The third-order valence-corrected chi connectivity index (χ3v) is 3.89. The van der Waals surface area contributed by atoms with Crippen molar-refractivity contribution >= 4 is 5.91 Å². The smallest absolute Gasteiger partial charge is 0.227 e. The minimum absolute atomic E-state index is 0.0399. The van der Waals surface area contributed by atoms with Crippen LogP contribution < -0.4 is 9.47 Å². The van der Waals surface area contributed by atoms with Crippen molar-refractivity contribution in [3.63, 3.8) is 0 Å². The summed E-state index contributed by atoms with van der Waals surface area (Å²) in [5, 5.41) is 8.87. The topological polar surface area (TPSA) is 75.4 Å². The number of nitrogens with zero attached hydrogens (tertiary/aromatic N) is 3. The predicted molar refractivity (Wildman–Crippen MR) is 86.6 cm³/mol. The van der Waals surface area contributed by atoms with E-state index >= 15 is 0 Å². The van der Waals surface area contributed by atoms with E-state index < -0.39 is 0 Å². The van der Waals surface area contributed by atoms with Gasteiger partial charge in [-0.1, -0.05) is 18.2 Å². The molecule has 6 nitrogen and oxygen atoms in total. The molecule has 1 aromatic carbocycles. The molecule has 2 heterocycles. The normalized spacial score (nSPS) is 13.8. The molecule has 2 aromatic rings. The number of nitriles is 1. The molecule has 1 aliphatic rings. The molecule has 1 fully saturated rings. The number of likely N-dealkylation sites (tertiary alicyclic amines) is 1. The van der Waals surface area contributed by atoms with E-state index in [0.717, 1.165) is 11.3 Å². The minimum atomic E-state index is -0.0898. The van der Waals surface area contributed by atoms with Crippen LogP contribution in [0, 0.1) is 11.3 Å². The molecule has 0 aliphatic carbocycles. The van der Waals surface area contributed by atoms with Gasteiger partial charge in [0.05, 0.1) is 38.3 Å². The van der Waals surface area contributed by atoms with E-state index in [1.807, 2.05) is 30.3 Å². The fourth-order valence-corrected chi connectivity index (χ4v) is 2.55. The lowest BCUT2D eigenvalue weighted by molar-refractivity contribution is -0.139. The number of aromatic nitrogens is 1. The summed E-state index contributed by atoms with van der Waals surface area (Å²) < 4.78 is 11.0. The zero-order valence-corrected chi connectivity index (χ0v) is 13.3. The molecule has 0 saturated carbocycles. The van der Waals surface area contributed by atoms with Crippen LogP contribution in [0.5, 0.6) is 11.6 Å². The number of rotatable bonds is 5. The van der Waals surface area contributed by atoms with Gasteiger partial charge in [-0.2, -0.15) is 5.26 Å². The first-order chi connectivity index (χ1) is 11.7. The first-order valence-corrected chi connectivity index (χ1v) is 7.62. The van der Waals surface area contributed by atoms with Gasteiger partial charge in [0, 0.05) is 17.8 Å². The van der Waals surface area contributed by atoms with Gasteiger partial charge >= 0.3 is 0 Å². The van der Waals surface area contributed by atoms with Crippen molar-refractivity contribution in [3.8, 4) is 17.7 Å². The van der Waals surface area contributed by atoms with E-state index in [2.05, 4.69) is 4.98 Å². The first kappa shape index (κ1) is 15.8. The number of carbonyl (C=O) groups is 1. The molecule has 1 aromatic heterocycles. The quantitative estimate of drug-likeness (QED) is 0.838. The summed E-state index contributed by atoms with van der Waals surface area (Å²) in [7, 11) is 1.60. The average Bonchev–Trinajstić information content (AvgIpc) is 2.58. The summed E-state index contributed by atoms with van der Waals surface area (Å²) >= 11 is 0. The van der Waals surface area contributed by atoms with Crippen LogP contribution in [-0.2, 0) is 11.2 Å². The summed E-state index contributed by atoms with van der Waals surface area (Å²) in [5.41, 5.74) is 1.38. The number of hydrogen-bond donors (Lipinski definition) is 0. The Kier molecular flexibility index (Phi) is 4.62. The van der Waals surface area contributed by atoms with Gasteiger partial charge in [-0.3, -0.25) is 4.79 Å². The number of amides is 1. The fourth-order valence-electron chi connectivity index (χ4n) is 2.55. The van der Waals surface area contributed by atoms with Gasteiger partial charge in [-0.15, -0.1) is 0 Å². The van der Waals surface area contributed by atoms with Gasteiger partial charge in [-0.05, 0) is 12.1 Å². The molecule has 1 aliphatic heterocycles. The summed E-state index contributed by atoms with van der Waals surface area (Å²) in [6.07, 6.45) is 1.75. The Morgan fingerprint density at radius 2 is 2.17 bits per heavy atom. The molecule has 0 atom stereocenters. The molecule has 1 saturated heterocycles. The highest BCUT2D eigenvalue weighted by Crippen LogP contribution is 2.21. The molecule has 24 heavy (non-hydrogen) atoms. The largest absolute Gasteiger partial charge is 0.496 e. The van der Waals surface area contributed by atoms with E-state index in [0.29, 0.717) is 31.0 Å².